The number of hydrogen-bond donors (Lipinski definition) is 1. The zero-order chi connectivity index (χ0) is 18.1. The van der Waals surface area contributed by atoms with Gasteiger partial charge in [0, 0.05) is 5.69 Å². The van der Waals surface area contributed by atoms with E-state index >= 15 is 0 Å². The van der Waals surface area contributed by atoms with E-state index in [0.717, 1.165) is 11.8 Å². The molecule has 0 bridgehead atoms. The molecule has 0 aliphatic heterocycles. The summed E-state index contributed by atoms with van der Waals surface area (Å²) in [7, 11) is 0. The van der Waals surface area contributed by atoms with E-state index < -0.39 is 0 Å². The molecule has 1 heteroatoms. The summed E-state index contributed by atoms with van der Waals surface area (Å²) in [5.41, 5.74) is 6.35. The fourth-order valence-electron chi connectivity index (χ4n) is 6.21. The van der Waals surface area contributed by atoms with Gasteiger partial charge in [0.25, 0.3) is 0 Å². The monoisotopic (exact) mass is 357 g/mol. The normalized spacial score (nSPS) is 28.4. The highest BCUT2D eigenvalue weighted by atomic mass is 15.0. The predicted octanol–water partition coefficient (Wildman–Crippen LogP) is 7.08. The molecule has 1 N–H and O–H groups in total. The van der Waals surface area contributed by atoms with E-state index in [9.17, 15) is 0 Å². The first-order valence-corrected chi connectivity index (χ1v) is 11.0. The van der Waals surface area contributed by atoms with Crippen LogP contribution in [0.3, 0.4) is 0 Å². The van der Waals surface area contributed by atoms with Crippen LogP contribution in [0.5, 0.6) is 0 Å². The molecule has 0 radical (unpaired) electrons. The van der Waals surface area contributed by atoms with E-state index in [1.54, 1.807) is 11.1 Å². The van der Waals surface area contributed by atoms with Gasteiger partial charge < -0.3 is 5.32 Å². The molecule has 140 valence electrons. The van der Waals surface area contributed by atoms with Crippen LogP contribution in [0.25, 0.3) is 5.57 Å². The number of fused-ring (bicyclic) bond motifs is 1. The van der Waals surface area contributed by atoms with Crippen LogP contribution >= 0.6 is 0 Å². The van der Waals surface area contributed by atoms with Crippen LogP contribution in [-0.2, 0) is 0 Å². The predicted molar refractivity (Wildman–Crippen MR) is 115 cm³/mol. The summed E-state index contributed by atoms with van der Waals surface area (Å²) < 4.78 is 0. The summed E-state index contributed by atoms with van der Waals surface area (Å²) in [5.74, 6) is 1.57. The summed E-state index contributed by atoms with van der Waals surface area (Å²) in [6.07, 6.45) is 12.4. The third kappa shape index (κ3) is 3.02. The van der Waals surface area contributed by atoms with Gasteiger partial charge in [-0.2, -0.15) is 0 Å². The van der Waals surface area contributed by atoms with Crippen molar-refractivity contribution < 1.29 is 0 Å². The van der Waals surface area contributed by atoms with Crippen LogP contribution in [0.15, 0.2) is 66.2 Å². The zero-order valence-electron chi connectivity index (χ0n) is 16.3. The minimum atomic E-state index is 0.134. The van der Waals surface area contributed by atoms with E-state index in [1.807, 2.05) is 0 Å². The van der Waals surface area contributed by atoms with E-state index in [0.29, 0.717) is 0 Å². The van der Waals surface area contributed by atoms with Gasteiger partial charge in [0.1, 0.15) is 0 Å². The third-order valence-electron chi connectivity index (χ3n) is 7.36. The summed E-state index contributed by atoms with van der Waals surface area (Å²) in [4.78, 5) is 0. The molecule has 2 aromatic rings. The molecular weight excluding hydrogens is 326 g/mol. The molecule has 27 heavy (non-hydrogen) atoms. The van der Waals surface area contributed by atoms with Crippen molar-refractivity contribution in [2.75, 3.05) is 5.32 Å². The Morgan fingerprint density at radius 2 is 1.44 bits per heavy atom. The molecule has 0 heterocycles. The van der Waals surface area contributed by atoms with E-state index in [4.69, 9.17) is 0 Å². The van der Waals surface area contributed by atoms with Crippen LogP contribution in [0.1, 0.15) is 63.4 Å². The molecule has 2 saturated carbocycles. The number of anilines is 1. The zero-order valence-corrected chi connectivity index (χ0v) is 16.3. The number of allylic oxidation sites excluding steroid dienone is 1. The van der Waals surface area contributed by atoms with Crippen LogP contribution in [-0.4, -0.2) is 5.54 Å². The Labute approximate surface area is 163 Å². The molecular formula is C26H31N. The number of benzene rings is 2. The molecule has 0 saturated heterocycles. The number of hydrogen-bond acceptors (Lipinski definition) is 1. The maximum Gasteiger partial charge on any atom is 0.0661 e. The molecule has 3 aliphatic rings. The molecule has 1 nitrogen and oxygen atoms in total. The number of nitrogens with one attached hydrogen (secondary N) is 1. The lowest BCUT2D eigenvalue weighted by atomic mass is 9.78. The van der Waals surface area contributed by atoms with Gasteiger partial charge in [0.2, 0.25) is 0 Å². The summed E-state index contributed by atoms with van der Waals surface area (Å²) in [5, 5.41) is 4.08. The summed E-state index contributed by atoms with van der Waals surface area (Å²) in [6.45, 7) is 0. The van der Waals surface area contributed by atoms with Gasteiger partial charge in [-0.05, 0) is 67.2 Å². The fraction of sp³-hybridized carbons (Fsp3) is 0.462. The SMILES string of the molecule is c1ccc(N[C@@]23CCC[C@@H]2CC(C2CCCCC2)=C3c2ccccc2)cc1. The highest BCUT2D eigenvalue weighted by Crippen LogP contribution is 2.58. The smallest absolute Gasteiger partial charge is 0.0661 e. The maximum absolute atomic E-state index is 4.08. The molecule has 0 amide bonds. The molecule has 0 aromatic heterocycles. The van der Waals surface area contributed by atoms with Gasteiger partial charge in [0.15, 0.2) is 0 Å². The van der Waals surface area contributed by atoms with Gasteiger partial charge in [-0.3, -0.25) is 0 Å². The highest BCUT2D eigenvalue weighted by Gasteiger charge is 2.52. The highest BCUT2D eigenvalue weighted by molar-refractivity contribution is 5.83. The second kappa shape index (κ2) is 7.19. The lowest BCUT2D eigenvalue weighted by Gasteiger charge is -2.36. The lowest BCUT2D eigenvalue weighted by Crippen LogP contribution is -2.40. The second-order valence-electron chi connectivity index (χ2n) is 8.86. The number of rotatable bonds is 4. The van der Waals surface area contributed by atoms with Gasteiger partial charge in [-0.25, -0.2) is 0 Å². The Bertz CT molecular complexity index is 801. The fourth-order valence-corrected chi connectivity index (χ4v) is 6.21. The van der Waals surface area contributed by atoms with Crippen molar-refractivity contribution in [1.29, 1.82) is 0 Å². The minimum absolute atomic E-state index is 0.134. The van der Waals surface area contributed by atoms with Gasteiger partial charge in [0.05, 0.1) is 5.54 Å². The minimum Gasteiger partial charge on any atom is -0.375 e. The van der Waals surface area contributed by atoms with Crippen LogP contribution < -0.4 is 5.32 Å². The Hall–Kier alpha value is -2.02. The first-order chi connectivity index (χ1) is 13.4. The molecule has 2 atom stereocenters. The molecule has 2 fully saturated rings. The molecule has 0 spiro atoms. The van der Waals surface area contributed by atoms with Crippen LogP contribution in [0.2, 0.25) is 0 Å². The first-order valence-electron chi connectivity index (χ1n) is 11.0. The lowest BCUT2D eigenvalue weighted by molar-refractivity contribution is 0.383. The topological polar surface area (TPSA) is 12.0 Å². The maximum atomic E-state index is 4.08. The third-order valence-corrected chi connectivity index (χ3v) is 7.36. The van der Waals surface area contributed by atoms with Crippen molar-refractivity contribution in [2.24, 2.45) is 11.8 Å². The second-order valence-corrected chi connectivity index (χ2v) is 8.86. The Morgan fingerprint density at radius 3 is 2.19 bits per heavy atom. The standard InChI is InChI=1S/C26H31N/c1-4-11-20(12-5-1)24-19-22-15-10-18-26(22,27-23-16-8-3-9-17-23)25(24)21-13-6-2-7-14-21/h2-3,6-9,13-14,16-17,20,22,27H,1,4-5,10-12,15,18-19H2/t22-,26+/m1/s1. The average molecular weight is 358 g/mol. The van der Waals surface area contributed by atoms with Crippen LogP contribution in [0, 0.1) is 11.8 Å². The molecule has 0 unspecified atom stereocenters. The molecule has 5 rings (SSSR count). The Morgan fingerprint density at radius 1 is 0.741 bits per heavy atom. The van der Waals surface area contributed by atoms with Crippen molar-refractivity contribution in [3.63, 3.8) is 0 Å². The van der Waals surface area contributed by atoms with Crippen molar-refractivity contribution in [1.82, 2.24) is 0 Å². The van der Waals surface area contributed by atoms with Crippen molar-refractivity contribution in [3.05, 3.63) is 71.8 Å². The quantitative estimate of drug-likeness (QED) is 0.616. The first kappa shape index (κ1) is 17.1. The largest absolute Gasteiger partial charge is 0.375 e. The van der Waals surface area contributed by atoms with Crippen molar-refractivity contribution >= 4 is 11.3 Å². The van der Waals surface area contributed by atoms with Crippen molar-refractivity contribution in [3.8, 4) is 0 Å². The Kier molecular flexibility index (Phi) is 4.55. The van der Waals surface area contributed by atoms with E-state index in [1.165, 1.54) is 69.0 Å². The Balaban J connectivity index is 1.62. The summed E-state index contributed by atoms with van der Waals surface area (Å²) in [6, 6.07) is 22.2. The van der Waals surface area contributed by atoms with E-state index in [-0.39, 0.29) is 5.54 Å². The van der Waals surface area contributed by atoms with E-state index in [2.05, 4.69) is 66.0 Å². The van der Waals surface area contributed by atoms with Crippen molar-refractivity contribution in [2.45, 2.75) is 63.3 Å². The number of para-hydroxylation sites is 1. The molecule has 2 aromatic carbocycles. The van der Waals surface area contributed by atoms with Gasteiger partial charge in [-0.1, -0.05) is 79.8 Å². The van der Waals surface area contributed by atoms with Gasteiger partial charge >= 0.3 is 0 Å². The average Bonchev–Trinajstić information content (AvgIpc) is 3.25. The van der Waals surface area contributed by atoms with Crippen LogP contribution in [0.4, 0.5) is 5.69 Å². The van der Waals surface area contributed by atoms with Gasteiger partial charge in [-0.15, -0.1) is 0 Å². The molecule has 3 aliphatic carbocycles. The summed E-state index contributed by atoms with van der Waals surface area (Å²) >= 11 is 0.